The largest absolute Gasteiger partial charge is 0.493 e. The number of ether oxygens (including phenoxy) is 2. The van der Waals surface area contributed by atoms with Gasteiger partial charge in [0.2, 0.25) is 0 Å². The molecule has 4 rings (SSSR count). The number of fused-ring (bicyclic) bond motifs is 1. The van der Waals surface area contributed by atoms with Gasteiger partial charge in [0.25, 0.3) is 5.91 Å². The summed E-state index contributed by atoms with van der Waals surface area (Å²) >= 11 is 0. The van der Waals surface area contributed by atoms with E-state index in [0.29, 0.717) is 22.8 Å². The number of carbonyl (C=O) groups excluding carboxylic acids is 1. The second kappa shape index (κ2) is 8.83. The average molecular weight is 413 g/mol. The molecule has 31 heavy (non-hydrogen) atoms. The Balaban J connectivity index is 1.76. The molecule has 4 aromatic rings. The second-order valence-corrected chi connectivity index (χ2v) is 7.09. The molecule has 0 bridgehead atoms. The van der Waals surface area contributed by atoms with Crippen LogP contribution in [0.1, 0.15) is 29.0 Å². The first-order valence-corrected chi connectivity index (χ1v) is 9.94. The van der Waals surface area contributed by atoms with Gasteiger partial charge in [0.05, 0.1) is 42.7 Å². The predicted molar refractivity (Wildman–Crippen MR) is 120 cm³/mol. The maximum Gasteiger partial charge on any atom is 0.252 e. The number of pyridine rings is 2. The van der Waals surface area contributed by atoms with Crippen molar-refractivity contribution in [3.05, 3.63) is 84.2 Å². The van der Waals surface area contributed by atoms with Crippen LogP contribution in [0.3, 0.4) is 0 Å². The van der Waals surface area contributed by atoms with Crippen molar-refractivity contribution in [3.8, 4) is 22.8 Å². The van der Waals surface area contributed by atoms with E-state index < -0.39 is 0 Å². The summed E-state index contributed by atoms with van der Waals surface area (Å²) in [5.41, 5.74) is 3.60. The van der Waals surface area contributed by atoms with Gasteiger partial charge in [0.1, 0.15) is 0 Å². The number of benzene rings is 2. The zero-order valence-electron chi connectivity index (χ0n) is 17.6. The van der Waals surface area contributed by atoms with E-state index in [2.05, 4.69) is 10.3 Å². The third-order valence-corrected chi connectivity index (χ3v) is 5.12. The van der Waals surface area contributed by atoms with Crippen LogP contribution in [0.5, 0.6) is 11.5 Å². The maximum atomic E-state index is 13.2. The molecular weight excluding hydrogens is 390 g/mol. The summed E-state index contributed by atoms with van der Waals surface area (Å²) in [7, 11) is 3.18. The lowest BCUT2D eigenvalue weighted by Gasteiger charge is -2.15. The lowest BCUT2D eigenvalue weighted by molar-refractivity contribution is 0.0940. The molecule has 0 spiro atoms. The van der Waals surface area contributed by atoms with Crippen LogP contribution in [-0.4, -0.2) is 30.1 Å². The summed E-state index contributed by atoms with van der Waals surface area (Å²) in [6.07, 6.45) is 1.72. The third kappa shape index (κ3) is 4.19. The van der Waals surface area contributed by atoms with Crippen molar-refractivity contribution in [1.29, 1.82) is 0 Å². The quantitative estimate of drug-likeness (QED) is 0.491. The molecule has 1 amide bonds. The molecule has 2 heterocycles. The number of methoxy groups -OCH3 is 2. The Hall–Kier alpha value is -3.93. The number of para-hydroxylation sites is 1. The van der Waals surface area contributed by atoms with Gasteiger partial charge >= 0.3 is 0 Å². The molecule has 6 nitrogen and oxygen atoms in total. The highest BCUT2D eigenvalue weighted by Gasteiger charge is 2.17. The van der Waals surface area contributed by atoms with Gasteiger partial charge in [0, 0.05) is 17.1 Å². The molecule has 0 saturated heterocycles. The maximum absolute atomic E-state index is 13.2. The van der Waals surface area contributed by atoms with Gasteiger partial charge < -0.3 is 14.8 Å². The zero-order valence-corrected chi connectivity index (χ0v) is 17.6. The minimum Gasteiger partial charge on any atom is -0.493 e. The summed E-state index contributed by atoms with van der Waals surface area (Å²) in [6, 6.07) is 20.4. The van der Waals surface area contributed by atoms with Crippen LogP contribution in [0.2, 0.25) is 0 Å². The number of hydrogen-bond donors (Lipinski definition) is 1. The van der Waals surface area contributed by atoms with E-state index in [9.17, 15) is 4.79 Å². The topological polar surface area (TPSA) is 73.3 Å². The Morgan fingerprint density at radius 2 is 1.71 bits per heavy atom. The fourth-order valence-electron chi connectivity index (χ4n) is 3.49. The van der Waals surface area contributed by atoms with Crippen LogP contribution >= 0.6 is 0 Å². The van der Waals surface area contributed by atoms with Gasteiger partial charge in [-0.2, -0.15) is 0 Å². The molecule has 0 radical (unpaired) electrons. The molecular formula is C25H23N3O3. The molecule has 6 heteroatoms. The van der Waals surface area contributed by atoms with Gasteiger partial charge in [-0.25, -0.2) is 4.98 Å². The minimum absolute atomic E-state index is 0.182. The Labute approximate surface area is 180 Å². The molecule has 0 aliphatic rings. The SMILES string of the molecule is COc1ccc(-c2cc(C(=O)N[C@H](C)c3ccccn3)c3ccccc3n2)cc1OC. The average Bonchev–Trinajstić information content (AvgIpc) is 2.83. The molecule has 1 atom stereocenters. The molecule has 0 fully saturated rings. The Morgan fingerprint density at radius 3 is 2.45 bits per heavy atom. The Morgan fingerprint density at radius 1 is 0.935 bits per heavy atom. The predicted octanol–water partition coefficient (Wildman–Crippen LogP) is 4.81. The molecule has 2 aromatic heterocycles. The highest BCUT2D eigenvalue weighted by molar-refractivity contribution is 6.07. The van der Waals surface area contributed by atoms with Crippen molar-refractivity contribution in [2.24, 2.45) is 0 Å². The first-order valence-electron chi connectivity index (χ1n) is 9.94. The summed E-state index contributed by atoms with van der Waals surface area (Å²) < 4.78 is 10.8. The number of amides is 1. The molecule has 1 N–H and O–H groups in total. The van der Waals surface area contributed by atoms with E-state index >= 15 is 0 Å². The van der Waals surface area contributed by atoms with Crippen LogP contribution in [0.15, 0.2) is 72.9 Å². The Kier molecular flexibility index (Phi) is 5.80. The van der Waals surface area contributed by atoms with Crippen LogP contribution in [0.4, 0.5) is 0 Å². The zero-order chi connectivity index (χ0) is 21.8. The highest BCUT2D eigenvalue weighted by atomic mass is 16.5. The Bertz CT molecular complexity index is 1230. The summed E-state index contributed by atoms with van der Waals surface area (Å²) in [5.74, 6) is 1.05. The van der Waals surface area contributed by atoms with Gasteiger partial charge in [0.15, 0.2) is 11.5 Å². The standard InChI is InChI=1S/C25H23N3O3/c1-16(20-9-6-7-13-26-20)27-25(29)19-15-22(28-21-10-5-4-8-18(19)21)17-11-12-23(30-2)24(14-17)31-3/h4-16H,1-3H3,(H,27,29)/t16-/m1/s1. The van der Waals surface area contributed by atoms with Crippen LogP contribution in [0, 0.1) is 0 Å². The molecule has 0 unspecified atom stereocenters. The lowest BCUT2D eigenvalue weighted by Crippen LogP contribution is -2.27. The molecule has 0 aliphatic heterocycles. The van der Waals surface area contributed by atoms with E-state index in [-0.39, 0.29) is 11.9 Å². The first kappa shape index (κ1) is 20.3. The molecule has 2 aromatic carbocycles. The van der Waals surface area contributed by atoms with Crippen molar-refractivity contribution >= 4 is 16.8 Å². The van der Waals surface area contributed by atoms with Gasteiger partial charge in [-0.1, -0.05) is 24.3 Å². The van der Waals surface area contributed by atoms with E-state index in [0.717, 1.165) is 22.2 Å². The number of aromatic nitrogens is 2. The molecule has 0 saturated carbocycles. The number of nitrogens with zero attached hydrogens (tertiary/aromatic N) is 2. The second-order valence-electron chi connectivity index (χ2n) is 7.09. The fourth-order valence-corrected chi connectivity index (χ4v) is 3.49. The highest BCUT2D eigenvalue weighted by Crippen LogP contribution is 2.33. The number of hydrogen-bond acceptors (Lipinski definition) is 5. The number of nitrogens with one attached hydrogen (secondary N) is 1. The van der Waals surface area contributed by atoms with Crippen LogP contribution in [-0.2, 0) is 0 Å². The summed E-state index contributed by atoms with van der Waals surface area (Å²) in [4.78, 5) is 22.3. The van der Waals surface area contributed by atoms with E-state index in [1.165, 1.54) is 0 Å². The normalized spacial score (nSPS) is 11.7. The minimum atomic E-state index is -0.231. The van der Waals surface area contributed by atoms with Crippen LogP contribution < -0.4 is 14.8 Å². The molecule has 0 aliphatic carbocycles. The molecule has 156 valence electrons. The van der Waals surface area contributed by atoms with E-state index in [4.69, 9.17) is 14.5 Å². The fraction of sp³-hybridized carbons (Fsp3) is 0.160. The smallest absolute Gasteiger partial charge is 0.252 e. The third-order valence-electron chi connectivity index (χ3n) is 5.12. The van der Waals surface area contributed by atoms with Gasteiger partial charge in [-0.15, -0.1) is 0 Å². The van der Waals surface area contributed by atoms with Crippen molar-refractivity contribution in [2.45, 2.75) is 13.0 Å². The summed E-state index contributed by atoms with van der Waals surface area (Å²) in [5, 5.41) is 3.84. The van der Waals surface area contributed by atoms with Crippen molar-refractivity contribution in [2.75, 3.05) is 14.2 Å². The summed E-state index contributed by atoms with van der Waals surface area (Å²) in [6.45, 7) is 1.92. The van der Waals surface area contributed by atoms with Crippen molar-refractivity contribution in [3.63, 3.8) is 0 Å². The lowest BCUT2D eigenvalue weighted by atomic mass is 10.0. The van der Waals surface area contributed by atoms with Gasteiger partial charge in [-0.3, -0.25) is 9.78 Å². The van der Waals surface area contributed by atoms with Crippen LogP contribution in [0.25, 0.3) is 22.2 Å². The monoisotopic (exact) mass is 413 g/mol. The first-order chi connectivity index (χ1) is 15.1. The van der Waals surface area contributed by atoms with Gasteiger partial charge in [-0.05, 0) is 49.4 Å². The van der Waals surface area contributed by atoms with E-state index in [1.54, 1.807) is 20.4 Å². The number of carbonyl (C=O) groups is 1. The van der Waals surface area contributed by atoms with E-state index in [1.807, 2.05) is 73.7 Å². The van der Waals surface area contributed by atoms with Crippen molar-refractivity contribution in [1.82, 2.24) is 15.3 Å². The number of rotatable bonds is 6. The van der Waals surface area contributed by atoms with Crippen molar-refractivity contribution < 1.29 is 14.3 Å².